The van der Waals surface area contributed by atoms with Gasteiger partial charge in [-0.25, -0.2) is 4.68 Å². The molecular weight excluding hydrogens is 411 g/mol. The summed E-state index contributed by atoms with van der Waals surface area (Å²) in [6, 6.07) is 16.7. The fraction of sp³-hybridized carbons (Fsp3) is 0.227. The normalized spacial score (nSPS) is 12.3. The lowest BCUT2D eigenvalue weighted by Crippen LogP contribution is -2.39. The molecule has 0 aliphatic heterocycles. The van der Waals surface area contributed by atoms with Gasteiger partial charge < -0.3 is 10.1 Å². The Balaban J connectivity index is 1.57. The monoisotopic (exact) mass is 431 g/mol. The second kappa shape index (κ2) is 9.46. The van der Waals surface area contributed by atoms with Crippen molar-refractivity contribution in [3.05, 3.63) is 82.6 Å². The Labute approximate surface area is 176 Å². The minimum Gasteiger partial charge on any atom is -0.481 e. The summed E-state index contributed by atoms with van der Waals surface area (Å²) in [5.41, 5.74) is 0.291. The third-order valence-corrected chi connectivity index (χ3v) is 4.40. The van der Waals surface area contributed by atoms with Crippen LogP contribution in [0.25, 0.3) is 11.3 Å². The van der Waals surface area contributed by atoms with E-state index in [9.17, 15) is 22.8 Å². The molecule has 1 amide bonds. The maximum atomic E-state index is 12.8. The summed E-state index contributed by atoms with van der Waals surface area (Å²) >= 11 is 0. The Kier molecular flexibility index (Phi) is 6.74. The molecule has 162 valence electrons. The van der Waals surface area contributed by atoms with Gasteiger partial charge in [-0.3, -0.25) is 9.59 Å². The van der Waals surface area contributed by atoms with Gasteiger partial charge in [-0.05, 0) is 31.2 Å². The minimum atomic E-state index is -4.50. The van der Waals surface area contributed by atoms with Crippen LogP contribution in [-0.4, -0.2) is 28.3 Å². The maximum absolute atomic E-state index is 12.8. The summed E-state index contributed by atoms with van der Waals surface area (Å²) in [7, 11) is 0. The van der Waals surface area contributed by atoms with E-state index in [1.54, 1.807) is 6.07 Å². The summed E-state index contributed by atoms with van der Waals surface area (Å²) in [5, 5.41) is 6.90. The van der Waals surface area contributed by atoms with Crippen LogP contribution in [0.3, 0.4) is 0 Å². The van der Waals surface area contributed by atoms with E-state index in [0.717, 1.165) is 17.7 Å². The predicted molar refractivity (Wildman–Crippen MR) is 108 cm³/mol. The van der Waals surface area contributed by atoms with Crippen molar-refractivity contribution < 1.29 is 22.7 Å². The van der Waals surface area contributed by atoms with Gasteiger partial charge in [0.1, 0.15) is 5.75 Å². The number of hydrogen-bond acceptors (Lipinski definition) is 4. The SMILES string of the molecule is CC(Oc1cccc(C(F)(F)F)c1)C(=O)NCCn1nc(-c2ccccc2)ccc1=O. The third kappa shape index (κ3) is 5.94. The molecule has 3 aromatic rings. The fourth-order valence-corrected chi connectivity index (χ4v) is 2.80. The number of aromatic nitrogens is 2. The number of benzene rings is 2. The summed E-state index contributed by atoms with van der Waals surface area (Å²) in [6.07, 6.45) is -5.52. The number of amides is 1. The number of nitrogens with zero attached hydrogens (tertiary/aromatic N) is 2. The highest BCUT2D eigenvalue weighted by molar-refractivity contribution is 5.80. The Morgan fingerprint density at radius 2 is 1.84 bits per heavy atom. The van der Waals surface area contributed by atoms with Crippen molar-refractivity contribution >= 4 is 5.91 Å². The number of alkyl halides is 3. The molecule has 0 radical (unpaired) electrons. The third-order valence-electron chi connectivity index (χ3n) is 4.40. The smallest absolute Gasteiger partial charge is 0.416 e. The van der Waals surface area contributed by atoms with Crippen molar-refractivity contribution in [2.24, 2.45) is 0 Å². The average molecular weight is 431 g/mol. The molecule has 1 unspecified atom stereocenters. The van der Waals surface area contributed by atoms with Crippen molar-refractivity contribution in [2.45, 2.75) is 25.7 Å². The van der Waals surface area contributed by atoms with E-state index in [0.29, 0.717) is 5.69 Å². The molecule has 0 aliphatic carbocycles. The predicted octanol–water partition coefficient (Wildman–Crippen LogP) is 3.51. The zero-order chi connectivity index (χ0) is 22.4. The molecule has 1 aromatic heterocycles. The molecule has 0 spiro atoms. The summed E-state index contributed by atoms with van der Waals surface area (Å²) in [6.45, 7) is 1.65. The number of carbonyl (C=O) groups excluding carboxylic acids is 1. The first-order valence-electron chi connectivity index (χ1n) is 9.49. The summed E-state index contributed by atoms with van der Waals surface area (Å²) in [5.74, 6) is -0.587. The molecule has 6 nitrogen and oxygen atoms in total. The van der Waals surface area contributed by atoms with Crippen LogP contribution in [0.5, 0.6) is 5.75 Å². The second-order valence-corrected chi connectivity index (χ2v) is 6.72. The Bertz CT molecular complexity index is 1100. The fourth-order valence-electron chi connectivity index (χ4n) is 2.80. The van der Waals surface area contributed by atoms with Crippen LogP contribution in [0.2, 0.25) is 0 Å². The van der Waals surface area contributed by atoms with Crippen LogP contribution in [0, 0.1) is 0 Å². The van der Waals surface area contributed by atoms with Gasteiger partial charge in [-0.1, -0.05) is 36.4 Å². The number of rotatable bonds is 7. The molecule has 1 N–H and O–H groups in total. The first kappa shape index (κ1) is 22.1. The zero-order valence-electron chi connectivity index (χ0n) is 16.6. The quantitative estimate of drug-likeness (QED) is 0.622. The van der Waals surface area contributed by atoms with Crippen molar-refractivity contribution in [1.82, 2.24) is 15.1 Å². The largest absolute Gasteiger partial charge is 0.481 e. The molecule has 1 heterocycles. The lowest BCUT2D eigenvalue weighted by Gasteiger charge is -2.16. The first-order chi connectivity index (χ1) is 14.7. The van der Waals surface area contributed by atoms with Gasteiger partial charge in [-0.15, -0.1) is 0 Å². The van der Waals surface area contributed by atoms with Gasteiger partial charge in [-0.2, -0.15) is 18.3 Å². The number of ether oxygens (including phenoxy) is 1. The molecule has 0 saturated carbocycles. The maximum Gasteiger partial charge on any atom is 0.416 e. The van der Waals surface area contributed by atoms with Gasteiger partial charge in [0.25, 0.3) is 11.5 Å². The van der Waals surface area contributed by atoms with Crippen LogP contribution in [-0.2, 0) is 17.5 Å². The summed E-state index contributed by atoms with van der Waals surface area (Å²) in [4.78, 5) is 24.3. The highest BCUT2D eigenvalue weighted by Crippen LogP contribution is 2.31. The standard InChI is InChI=1S/C22H20F3N3O3/c1-15(31-18-9-5-8-17(14-18)22(23,24)25)21(30)26-12-13-28-20(29)11-10-19(27-28)16-6-3-2-4-7-16/h2-11,14-15H,12-13H2,1H3,(H,26,30). The molecule has 0 saturated heterocycles. The van der Waals surface area contributed by atoms with Crippen molar-refractivity contribution in [2.75, 3.05) is 6.54 Å². The van der Waals surface area contributed by atoms with Crippen LogP contribution in [0.15, 0.2) is 71.5 Å². The molecule has 2 aromatic carbocycles. The number of hydrogen-bond donors (Lipinski definition) is 1. The van der Waals surface area contributed by atoms with E-state index < -0.39 is 23.8 Å². The molecule has 3 rings (SSSR count). The average Bonchev–Trinajstić information content (AvgIpc) is 2.75. The number of carbonyl (C=O) groups is 1. The lowest BCUT2D eigenvalue weighted by atomic mass is 10.1. The van der Waals surface area contributed by atoms with E-state index in [4.69, 9.17) is 4.74 Å². The van der Waals surface area contributed by atoms with Gasteiger partial charge in [0.15, 0.2) is 6.10 Å². The van der Waals surface area contributed by atoms with Gasteiger partial charge >= 0.3 is 6.18 Å². The zero-order valence-corrected chi connectivity index (χ0v) is 16.6. The molecule has 0 bridgehead atoms. The molecule has 31 heavy (non-hydrogen) atoms. The van der Waals surface area contributed by atoms with Crippen LogP contribution in [0.1, 0.15) is 12.5 Å². The van der Waals surface area contributed by atoms with Crippen molar-refractivity contribution in [3.8, 4) is 17.0 Å². The summed E-state index contributed by atoms with van der Waals surface area (Å²) < 4.78 is 44.9. The second-order valence-electron chi connectivity index (χ2n) is 6.72. The van der Waals surface area contributed by atoms with Crippen molar-refractivity contribution in [1.29, 1.82) is 0 Å². The van der Waals surface area contributed by atoms with Crippen LogP contribution in [0.4, 0.5) is 13.2 Å². The highest BCUT2D eigenvalue weighted by atomic mass is 19.4. The molecule has 9 heteroatoms. The van der Waals surface area contributed by atoms with E-state index in [1.165, 1.54) is 29.8 Å². The Morgan fingerprint density at radius 1 is 1.10 bits per heavy atom. The molecule has 1 atom stereocenters. The van der Waals surface area contributed by atoms with Crippen LogP contribution >= 0.6 is 0 Å². The molecule has 0 aliphatic rings. The van der Waals surface area contributed by atoms with Gasteiger partial charge in [0.05, 0.1) is 17.8 Å². The van der Waals surface area contributed by atoms with Crippen LogP contribution < -0.4 is 15.6 Å². The Morgan fingerprint density at radius 3 is 2.55 bits per heavy atom. The lowest BCUT2D eigenvalue weighted by molar-refractivity contribution is -0.137. The minimum absolute atomic E-state index is 0.0640. The Hall–Kier alpha value is -3.62. The van der Waals surface area contributed by atoms with Gasteiger partial charge in [0, 0.05) is 18.2 Å². The van der Waals surface area contributed by atoms with E-state index in [2.05, 4.69) is 10.4 Å². The number of nitrogens with one attached hydrogen (secondary N) is 1. The topological polar surface area (TPSA) is 73.2 Å². The van der Waals surface area contributed by atoms with E-state index in [-0.39, 0.29) is 24.4 Å². The van der Waals surface area contributed by atoms with Crippen molar-refractivity contribution in [3.63, 3.8) is 0 Å². The molecule has 0 fully saturated rings. The van der Waals surface area contributed by atoms with E-state index >= 15 is 0 Å². The van der Waals surface area contributed by atoms with E-state index in [1.807, 2.05) is 30.3 Å². The number of halogens is 3. The van der Waals surface area contributed by atoms with Gasteiger partial charge in [0.2, 0.25) is 0 Å². The highest BCUT2D eigenvalue weighted by Gasteiger charge is 2.30. The first-order valence-corrected chi connectivity index (χ1v) is 9.49. The molecular formula is C22H20F3N3O3.